The molecule has 5 nitrogen and oxygen atoms in total. The van der Waals surface area contributed by atoms with Gasteiger partial charge in [-0.3, -0.25) is 0 Å². The molecule has 0 N–H and O–H groups in total. The van der Waals surface area contributed by atoms with Gasteiger partial charge in [-0.05, 0) is 76.5 Å². The van der Waals surface area contributed by atoms with Crippen LogP contribution in [0.1, 0.15) is 0 Å². The van der Waals surface area contributed by atoms with Crippen LogP contribution in [0.4, 0.5) is 0 Å². The number of thiophene rings is 1. The Kier molecular flexibility index (Phi) is 7.41. The van der Waals surface area contributed by atoms with Crippen LogP contribution in [0.2, 0.25) is 0 Å². The Morgan fingerprint density at radius 1 is 0.393 bits per heavy atom. The van der Waals surface area contributed by atoms with Crippen LogP contribution in [0.25, 0.3) is 126 Å². The Balaban J connectivity index is 1.12. The highest BCUT2D eigenvalue weighted by atomic mass is 32.1. The molecule has 13 aromatic rings. The van der Waals surface area contributed by atoms with E-state index in [1.54, 1.807) is 11.3 Å². The molecule has 0 saturated carbocycles. The van der Waals surface area contributed by atoms with Gasteiger partial charge < -0.3 is 8.98 Å². The number of rotatable bonds is 5. The Morgan fingerprint density at radius 2 is 1.05 bits per heavy atom. The quantitative estimate of drug-likeness (QED) is 0.174. The second-order valence-electron chi connectivity index (χ2n) is 15.6. The van der Waals surface area contributed by atoms with E-state index in [2.05, 4.69) is 180 Å². The molecule has 0 amide bonds. The van der Waals surface area contributed by atoms with E-state index in [0.29, 0.717) is 17.5 Å². The van der Waals surface area contributed by atoms with E-state index in [-0.39, 0.29) is 0 Å². The van der Waals surface area contributed by atoms with E-state index >= 15 is 0 Å². The van der Waals surface area contributed by atoms with Crippen molar-refractivity contribution < 1.29 is 4.42 Å². The number of benzene rings is 9. The lowest BCUT2D eigenvalue weighted by Gasteiger charge is -2.13. The van der Waals surface area contributed by atoms with E-state index in [9.17, 15) is 0 Å². The number of para-hydroxylation sites is 2. The lowest BCUT2D eigenvalue weighted by atomic mass is 10.0. The molecule has 4 aromatic heterocycles. The number of nitrogens with zero attached hydrogens (tertiary/aromatic N) is 4. The smallest absolute Gasteiger partial charge is 0.165 e. The van der Waals surface area contributed by atoms with Gasteiger partial charge in [0.05, 0.1) is 16.7 Å². The molecular formula is C55H32N4OS. The summed E-state index contributed by atoms with van der Waals surface area (Å²) in [7, 11) is 0. The Hall–Kier alpha value is -7.93. The first kappa shape index (κ1) is 34.0. The van der Waals surface area contributed by atoms with Gasteiger partial charge in [0, 0.05) is 58.4 Å². The maximum absolute atomic E-state index is 6.83. The van der Waals surface area contributed by atoms with Crippen molar-refractivity contribution in [2.24, 2.45) is 0 Å². The van der Waals surface area contributed by atoms with Crippen molar-refractivity contribution in [1.82, 2.24) is 19.5 Å². The largest absolute Gasteiger partial charge is 0.454 e. The molecule has 0 atom stereocenters. The molecule has 61 heavy (non-hydrogen) atoms. The Labute approximate surface area is 353 Å². The predicted octanol–water partition coefficient (Wildman–Crippen LogP) is 15.1. The minimum absolute atomic E-state index is 0.586. The third-order valence-corrected chi connectivity index (χ3v) is 13.2. The summed E-state index contributed by atoms with van der Waals surface area (Å²) in [5, 5.41) is 9.20. The van der Waals surface area contributed by atoms with Crippen LogP contribution in [0.15, 0.2) is 199 Å². The standard InChI is InChI=1S/C55H32N4OS/c1-2-14-33(15-3-1)34-18-12-19-37(28-34)53-56-54(58-55(57-53)43-24-13-23-42-41-22-8-11-27-50(41)61-52(42)43)38-30-45-40-21-7-10-26-49(40)60-51(45)48(32-38)59-46-25-9-6-20-39(46)44-29-35-16-4-5-17-36(35)31-47(44)59/h1-32H. The summed E-state index contributed by atoms with van der Waals surface area (Å²) in [5.74, 6) is 1.82. The van der Waals surface area contributed by atoms with Crippen molar-refractivity contribution in [1.29, 1.82) is 0 Å². The van der Waals surface area contributed by atoms with Crippen LogP contribution in [-0.4, -0.2) is 19.5 Å². The third kappa shape index (κ3) is 5.36. The van der Waals surface area contributed by atoms with Crippen molar-refractivity contribution >= 4 is 86.0 Å². The molecule has 6 heteroatoms. The SMILES string of the molecule is c1ccc(-c2cccc(-c3nc(-c4cc(-n5c6ccccc6c6cc7ccccc7cc65)c5oc6ccccc6c5c4)nc(-c4cccc5c4sc4ccccc45)n3)c2)cc1. The van der Waals surface area contributed by atoms with Gasteiger partial charge in [0.15, 0.2) is 23.1 Å². The minimum atomic E-state index is 0.586. The minimum Gasteiger partial charge on any atom is -0.454 e. The fourth-order valence-corrected chi connectivity index (χ4v) is 10.4. The summed E-state index contributed by atoms with van der Waals surface area (Å²) in [4.78, 5) is 16.1. The summed E-state index contributed by atoms with van der Waals surface area (Å²) in [6, 6.07) is 68.5. The van der Waals surface area contributed by atoms with Gasteiger partial charge in [-0.15, -0.1) is 11.3 Å². The van der Waals surface area contributed by atoms with Crippen molar-refractivity contribution in [2.75, 3.05) is 0 Å². The summed E-state index contributed by atoms with van der Waals surface area (Å²) in [6.45, 7) is 0. The highest BCUT2D eigenvalue weighted by molar-refractivity contribution is 7.26. The van der Waals surface area contributed by atoms with Gasteiger partial charge >= 0.3 is 0 Å². The van der Waals surface area contributed by atoms with Crippen molar-refractivity contribution in [3.8, 4) is 51.0 Å². The van der Waals surface area contributed by atoms with E-state index in [4.69, 9.17) is 19.4 Å². The number of fused-ring (bicyclic) bond motifs is 10. The van der Waals surface area contributed by atoms with Gasteiger partial charge in [-0.1, -0.05) is 140 Å². The summed E-state index contributed by atoms with van der Waals surface area (Å²) < 4.78 is 11.6. The Bertz CT molecular complexity index is 3900. The first-order valence-corrected chi connectivity index (χ1v) is 21.2. The lowest BCUT2D eigenvalue weighted by Crippen LogP contribution is -2.02. The molecule has 0 fully saturated rings. The number of aromatic nitrogens is 4. The number of furan rings is 1. The fraction of sp³-hybridized carbons (Fsp3) is 0. The van der Waals surface area contributed by atoms with Crippen molar-refractivity contribution in [2.45, 2.75) is 0 Å². The second kappa shape index (κ2) is 13.3. The third-order valence-electron chi connectivity index (χ3n) is 12.0. The van der Waals surface area contributed by atoms with Gasteiger partial charge in [0.1, 0.15) is 5.58 Å². The average molecular weight is 797 g/mol. The van der Waals surface area contributed by atoms with E-state index in [1.807, 2.05) is 18.2 Å². The van der Waals surface area contributed by atoms with E-state index in [1.165, 1.54) is 37.0 Å². The van der Waals surface area contributed by atoms with E-state index in [0.717, 1.165) is 71.2 Å². The van der Waals surface area contributed by atoms with Crippen molar-refractivity contribution in [3.63, 3.8) is 0 Å². The molecule has 0 aliphatic rings. The Morgan fingerprint density at radius 3 is 1.93 bits per heavy atom. The molecule has 0 saturated heterocycles. The number of hydrogen-bond donors (Lipinski definition) is 0. The zero-order valence-corrected chi connectivity index (χ0v) is 33.4. The van der Waals surface area contributed by atoms with Gasteiger partial charge in [-0.2, -0.15) is 0 Å². The topological polar surface area (TPSA) is 56.7 Å². The zero-order chi connectivity index (χ0) is 40.0. The predicted molar refractivity (Wildman–Crippen MR) is 254 cm³/mol. The molecule has 0 radical (unpaired) electrons. The molecule has 0 bridgehead atoms. The van der Waals surface area contributed by atoms with Gasteiger partial charge in [0.25, 0.3) is 0 Å². The monoisotopic (exact) mass is 796 g/mol. The summed E-state index contributed by atoms with van der Waals surface area (Å²) >= 11 is 1.78. The molecule has 0 spiro atoms. The highest BCUT2D eigenvalue weighted by Crippen LogP contribution is 2.43. The first-order valence-electron chi connectivity index (χ1n) is 20.4. The second-order valence-corrected chi connectivity index (χ2v) is 16.6. The maximum Gasteiger partial charge on any atom is 0.165 e. The van der Waals surface area contributed by atoms with Gasteiger partial charge in [0.2, 0.25) is 0 Å². The molecule has 0 aliphatic carbocycles. The van der Waals surface area contributed by atoms with Crippen LogP contribution < -0.4 is 0 Å². The molecule has 0 unspecified atom stereocenters. The van der Waals surface area contributed by atoms with E-state index < -0.39 is 0 Å². The molecule has 9 aromatic carbocycles. The summed E-state index contributed by atoms with van der Waals surface area (Å²) in [5.41, 5.74) is 9.75. The maximum atomic E-state index is 6.83. The van der Waals surface area contributed by atoms with Crippen LogP contribution in [0, 0.1) is 0 Å². The average Bonchev–Trinajstić information content (AvgIpc) is 4.00. The lowest BCUT2D eigenvalue weighted by molar-refractivity contribution is 0.666. The molecule has 284 valence electrons. The van der Waals surface area contributed by atoms with Crippen LogP contribution >= 0.6 is 11.3 Å². The zero-order valence-electron chi connectivity index (χ0n) is 32.6. The number of hydrogen-bond acceptors (Lipinski definition) is 5. The van der Waals surface area contributed by atoms with Gasteiger partial charge in [-0.25, -0.2) is 15.0 Å². The normalized spacial score (nSPS) is 11.9. The summed E-state index contributed by atoms with van der Waals surface area (Å²) in [6.07, 6.45) is 0. The van der Waals surface area contributed by atoms with Crippen LogP contribution in [0.3, 0.4) is 0 Å². The van der Waals surface area contributed by atoms with Crippen LogP contribution in [0.5, 0.6) is 0 Å². The highest BCUT2D eigenvalue weighted by Gasteiger charge is 2.23. The first-order chi connectivity index (χ1) is 30.2. The fourth-order valence-electron chi connectivity index (χ4n) is 9.17. The molecular weight excluding hydrogens is 765 g/mol. The molecule has 13 rings (SSSR count). The molecule has 4 heterocycles. The van der Waals surface area contributed by atoms with Crippen molar-refractivity contribution in [3.05, 3.63) is 194 Å². The van der Waals surface area contributed by atoms with Crippen LogP contribution in [-0.2, 0) is 0 Å². The molecule has 0 aliphatic heterocycles.